The van der Waals surface area contributed by atoms with Crippen molar-refractivity contribution >= 4 is 35.0 Å². The molecule has 3 rings (SSSR count). The van der Waals surface area contributed by atoms with E-state index in [0.717, 1.165) is 11.3 Å². The van der Waals surface area contributed by atoms with Crippen LogP contribution < -0.4 is 0 Å². The van der Waals surface area contributed by atoms with E-state index in [0.29, 0.717) is 28.4 Å². The van der Waals surface area contributed by atoms with Crippen molar-refractivity contribution in [1.82, 2.24) is 14.9 Å². The Kier molecular flexibility index (Phi) is 4.44. The third-order valence-corrected chi connectivity index (χ3v) is 4.22. The van der Waals surface area contributed by atoms with Crippen LogP contribution in [-0.2, 0) is 9.53 Å². The van der Waals surface area contributed by atoms with E-state index in [-0.39, 0.29) is 12.4 Å². The minimum Gasteiger partial charge on any atom is -0.466 e. The van der Waals surface area contributed by atoms with Gasteiger partial charge < -0.3 is 4.74 Å². The lowest BCUT2D eigenvalue weighted by Gasteiger charge is -2.13. The van der Waals surface area contributed by atoms with E-state index in [9.17, 15) is 4.79 Å². The first-order chi connectivity index (χ1) is 10.7. The molecule has 0 unspecified atom stereocenters. The Morgan fingerprint density at radius 1 is 1.36 bits per heavy atom. The molecule has 1 aromatic heterocycles. The number of rotatable bonds is 4. The van der Waals surface area contributed by atoms with Gasteiger partial charge in [0.2, 0.25) is 5.16 Å². The zero-order valence-corrected chi connectivity index (χ0v) is 13.4. The Balaban J connectivity index is 1.89. The van der Waals surface area contributed by atoms with E-state index < -0.39 is 0 Å². The smallest absolute Gasteiger partial charge is 0.311 e. The molecule has 0 N–H and O–H groups in total. The fourth-order valence-corrected chi connectivity index (χ4v) is 2.94. The number of carbonyl (C=O) groups is 1. The molecule has 1 aliphatic rings. The molecule has 114 valence electrons. The lowest BCUT2D eigenvalue weighted by molar-refractivity contribution is -0.141. The molecule has 0 bridgehead atoms. The van der Waals surface area contributed by atoms with Crippen LogP contribution in [-0.4, -0.2) is 38.9 Å². The van der Waals surface area contributed by atoms with Crippen LogP contribution in [0.4, 0.5) is 0 Å². The van der Waals surface area contributed by atoms with Crippen molar-refractivity contribution in [3.8, 4) is 11.4 Å². The Hall–Kier alpha value is -1.86. The third kappa shape index (κ3) is 3.15. The molecule has 0 amide bonds. The number of carbonyl (C=O) groups excluding carboxylic acids is 1. The maximum Gasteiger partial charge on any atom is 0.311 e. The Morgan fingerprint density at radius 2 is 2.14 bits per heavy atom. The number of benzene rings is 1. The predicted molar refractivity (Wildman–Crippen MR) is 85.3 cm³/mol. The molecule has 6 nitrogen and oxygen atoms in total. The summed E-state index contributed by atoms with van der Waals surface area (Å²) < 4.78 is 6.62. The quantitative estimate of drug-likeness (QED) is 0.803. The summed E-state index contributed by atoms with van der Waals surface area (Å²) >= 11 is 7.40. The van der Waals surface area contributed by atoms with Crippen molar-refractivity contribution in [3.63, 3.8) is 0 Å². The van der Waals surface area contributed by atoms with E-state index in [1.165, 1.54) is 11.8 Å². The largest absolute Gasteiger partial charge is 0.466 e. The number of esters is 1. The summed E-state index contributed by atoms with van der Waals surface area (Å²) in [6.45, 7) is 2.15. The molecule has 0 fully saturated rings. The zero-order chi connectivity index (χ0) is 15.5. The highest BCUT2D eigenvalue weighted by atomic mass is 35.5. The van der Waals surface area contributed by atoms with Gasteiger partial charge in [-0.2, -0.15) is 9.78 Å². The van der Waals surface area contributed by atoms with Crippen LogP contribution in [0.2, 0.25) is 5.02 Å². The minimum atomic E-state index is -0.272. The number of hydrogen-bond donors (Lipinski definition) is 0. The van der Waals surface area contributed by atoms with Gasteiger partial charge in [0.25, 0.3) is 0 Å². The number of ether oxygens (including phenoxy) is 1. The van der Waals surface area contributed by atoms with E-state index in [1.807, 2.05) is 12.1 Å². The average molecular weight is 337 g/mol. The highest BCUT2D eigenvalue weighted by Gasteiger charge is 2.21. The molecule has 8 heteroatoms. The summed E-state index contributed by atoms with van der Waals surface area (Å²) in [5.74, 6) is 0.962. The summed E-state index contributed by atoms with van der Waals surface area (Å²) in [4.78, 5) is 11.6. The fraction of sp³-hybridized carbons (Fsp3) is 0.286. The second-order valence-corrected chi connectivity index (χ2v) is 5.94. The molecule has 1 aliphatic heterocycles. The molecule has 0 spiro atoms. The number of hydrogen-bond acceptors (Lipinski definition) is 6. The van der Waals surface area contributed by atoms with Gasteiger partial charge in [-0.15, -0.1) is 10.2 Å². The molecule has 0 saturated carbocycles. The van der Waals surface area contributed by atoms with Gasteiger partial charge in [-0.05, 0) is 31.2 Å². The van der Waals surface area contributed by atoms with E-state index in [1.54, 1.807) is 23.7 Å². The molecule has 22 heavy (non-hydrogen) atoms. The molecule has 2 heterocycles. The van der Waals surface area contributed by atoms with Gasteiger partial charge in [0.15, 0.2) is 5.82 Å². The minimum absolute atomic E-state index is 0.179. The first-order valence-electron chi connectivity index (χ1n) is 6.74. The highest BCUT2D eigenvalue weighted by Crippen LogP contribution is 2.28. The summed E-state index contributed by atoms with van der Waals surface area (Å²) in [6.07, 6.45) is 0.179. The van der Waals surface area contributed by atoms with Crippen molar-refractivity contribution in [1.29, 1.82) is 0 Å². The summed E-state index contributed by atoms with van der Waals surface area (Å²) in [6, 6.07) is 7.30. The predicted octanol–water partition coefficient (Wildman–Crippen LogP) is 2.86. The normalized spacial score (nSPS) is 13.5. The average Bonchev–Trinajstić information content (AvgIpc) is 2.91. The number of thioether (sulfide) groups is 1. The lowest BCUT2D eigenvalue weighted by Crippen LogP contribution is -2.18. The molecule has 0 aliphatic carbocycles. The monoisotopic (exact) mass is 336 g/mol. The van der Waals surface area contributed by atoms with Gasteiger partial charge in [0.1, 0.15) is 0 Å². The molecule has 1 aromatic carbocycles. The van der Waals surface area contributed by atoms with Crippen molar-refractivity contribution in [2.75, 3.05) is 12.4 Å². The van der Waals surface area contributed by atoms with Gasteiger partial charge in [0, 0.05) is 16.3 Å². The highest BCUT2D eigenvalue weighted by molar-refractivity contribution is 7.99. The summed E-state index contributed by atoms with van der Waals surface area (Å²) in [7, 11) is 0. The van der Waals surface area contributed by atoms with Crippen molar-refractivity contribution in [2.24, 2.45) is 5.10 Å². The molecule has 2 aromatic rings. The molecular formula is C14H13ClN4O2S. The Labute approximate surface area is 136 Å². The standard InChI is InChI=1S/C14H13ClN4O2S/c1-2-21-12(20)7-11-8-22-14-17-16-13(19(14)18-11)9-3-5-10(15)6-4-9/h3-6H,2,7-8H2,1H3. The maximum atomic E-state index is 11.6. The summed E-state index contributed by atoms with van der Waals surface area (Å²) in [5, 5.41) is 14.1. The van der Waals surface area contributed by atoms with Crippen LogP contribution >= 0.6 is 23.4 Å². The third-order valence-electron chi connectivity index (χ3n) is 2.98. The van der Waals surface area contributed by atoms with E-state index in [4.69, 9.17) is 16.3 Å². The SMILES string of the molecule is CCOC(=O)CC1=Nn2c(nnc2-c2ccc(Cl)cc2)SC1. The number of nitrogens with zero attached hydrogens (tertiary/aromatic N) is 4. The Bertz CT molecular complexity index is 727. The van der Waals surface area contributed by atoms with Gasteiger partial charge in [-0.1, -0.05) is 23.4 Å². The van der Waals surface area contributed by atoms with Gasteiger partial charge in [0.05, 0.1) is 18.7 Å². The lowest BCUT2D eigenvalue weighted by atomic mass is 10.2. The van der Waals surface area contributed by atoms with Crippen LogP contribution in [0.15, 0.2) is 34.5 Å². The number of fused-ring (bicyclic) bond motifs is 1. The summed E-state index contributed by atoms with van der Waals surface area (Å²) in [5.41, 5.74) is 1.61. The van der Waals surface area contributed by atoms with Gasteiger partial charge in [-0.25, -0.2) is 0 Å². The molecular weight excluding hydrogens is 324 g/mol. The second kappa shape index (κ2) is 6.50. The fourth-order valence-electron chi connectivity index (χ4n) is 2.01. The number of halogens is 1. The number of aromatic nitrogens is 3. The van der Waals surface area contributed by atoms with Crippen LogP contribution in [0, 0.1) is 0 Å². The van der Waals surface area contributed by atoms with Gasteiger partial charge in [-0.3, -0.25) is 4.79 Å². The van der Waals surface area contributed by atoms with Crippen molar-refractivity contribution < 1.29 is 9.53 Å². The van der Waals surface area contributed by atoms with Crippen molar-refractivity contribution in [3.05, 3.63) is 29.3 Å². The first kappa shape index (κ1) is 15.1. The maximum absolute atomic E-state index is 11.6. The van der Waals surface area contributed by atoms with Crippen molar-refractivity contribution in [2.45, 2.75) is 18.5 Å². The van der Waals surface area contributed by atoms with Crippen LogP contribution in [0.3, 0.4) is 0 Å². The van der Waals surface area contributed by atoms with Crippen LogP contribution in [0.5, 0.6) is 0 Å². The second-order valence-electron chi connectivity index (χ2n) is 4.56. The van der Waals surface area contributed by atoms with E-state index >= 15 is 0 Å². The first-order valence-corrected chi connectivity index (χ1v) is 8.10. The zero-order valence-electron chi connectivity index (χ0n) is 11.8. The van der Waals surface area contributed by atoms with E-state index in [2.05, 4.69) is 15.3 Å². The molecule has 0 radical (unpaired) electrons. The molecule has 0 saturated heterocycles. The van der Waals surface area contributed by atoms with Crippen LogP contribution in [0.1, 0.15) is 13.3 Å². The Morgan fingerprint density at radius 3 is 2.86 bits per heavy atom. The van der Waals surface area contributed by atoms with Crippen LogP contribution in [0.25, 0.3) is 11.4 Å². The topological polar surface area (TPSA) is 69.4 Å². The van der Waals surface area contributed by atoms with Gasteiger partial charge >= 0.3 is 5.97 Å². The molecule has 0 atom stereocenters.